The summed E-state index contributed by atoms with van der Waals surface area (Å²) in [5, 5.41) is 0. The first-order valence-electron chi connectivity index (χ1n) is 7.33. The van der Waals surface area contributed by atoms with Gasteiger partial charge in [0.1, 0.15) is 0 Å². The van der Waals surface area contributed by atoms with Gasteiger partial charge < -0.3 is 15.4 Å². The van der Waals surface area contributed by atoms with Gasteiger partial charge >= 0.3 is 0 Å². The van der Waals surface area contributed by atoms with Crippen molar-refractivity contribution in [1.29, 1.82) is 0 Å². The molecule has 2 N–H and O–H groups in total. The molecule has 2 rings (SSSR count). The highest BCUT2D eigenvalue weighted by Gasteiger charge is 2.39. The predicted octanol–water partition coefficient (Wildman–Crippen LogP) is 1.39. The predicted molar refractivity (Wildman–Crippen MR) is 71.1 cm³/mol. The van der Waals surface area contributed by atoms with Crippen LogP contribution in [0.2, 0.25) is 0 Å². The van der Waals surface area contributed by atoms with E-state index in [4.69, 9.17) is 10.5 Å². The van der Waals surface area contributed by atoms with Crippen molar-refractivity contribution in [2.24, 2.45) is 17.6 Å². The van der Waals surface area contributed by atoms with Crippen LogP contribution in [0.25, 0.3) is 0 Å². The average molecular weight is 254 g/mol. The highest BCUT2D eigenvalue weighted by Crippen LogP contribution is 2.35. The Morgan fingerprint density at radius 3 is 2.89 bits per heavy atom. The summed E-state index contributed by atoms with van der Waals surface area (Å²) in [6, 6.07) is 0.304. The second-order valence-electron chi connectivity index (χ2n) is 5.68. The zero-order valence-electron chi connectivity index (χ0n) is 11.4. The lowest BCUT2D eigenvalue weighted by molar-refractivity contribution is -0.131. The Balaban J connectivity index is 1.75. The van der Waals surface area contributed by atoms with Gasteiger partial charge in [-0.25, -0.2) is 0 Å². The second-order valence-corrected chi connectivity index (χ2v) is 5.68. The number of hydrogen-bond acceptors (Lipinski definition) is 3. The zero-order valence-corrected chi connectivity index (χ0v) is 11.4. The normalized spacial score (nSPS) is 31.4. The van der Waals surface area contributed by atoms with Crippen molar-refractivity contribution >= 4 is 5.91 Å². The van der Waals surface area contributed by atoms with Gasteiger partial charge in [0.05, 0.1) is 13.0 Å². The van der Waals surface area contributed by atoms with Gasteiger partial charge in [0.2, 0.25) is 5.91 Å². The van der Waals surface area contributed by atoms with Crippen LogP contribution in [0.1, 0.15) is 39.0 Å². The number of nitrogens with two attached hydrogens (primary N) is 1. The van der Waals surface area contributed by atoms with Gasteiger partial charge in [0.15, 0.2) is 0 Å². The van der Waals surface area contributed by atoms with Crippen molar-refractivity contribution in [3.63, 3.8) is 0 Å². The number of amides is 1. The van der Waals surface area contributed by atoms with Crippen LogP contribution in [0.3, 0.4) is 0 Å². The maximum Gasteiger partial charge on any atom is 0.224 e. The van der Waals surface area contributed by atoms with E-state index in [2.05, 4.69) is 6.92 Å². The Labute approximate surface area is 110 Å². The lowest BCUT2D eigenvalue weighted by Gasteiger charge is -2.29. The van der Waals surface area contributed by atoms with Crippen LogP contribution in [-0.4, -0.2) is 43.2 Å². The summed E-state index contributed by atoms with van der Waals surface area (Å²) in [5.74, 6) is 1.43. The minimum atomic E-state index is 0.243. The molecule has 1 saturated carbocycles. The van der Waals surface area contributed by atoms with Gasteiger partial charge in [0.25, 0.3) is 0 Å². The maximum atomic E-state index is 12.1. The quantitative estimate of drug-likeness (QED) is 0.754. The highest BCUT2D eigenvalue weighted by atomic mass is 16.5. The number of carbonyl (C=O) groups is 1. The number of likely N-dealkylation sites (tertiary alicyclic amines) is 1. The third kappa shape index (κ3) is 3.23. The minimum Gasteiger partial charge on any atom is -0.381 e. The average Bonchev–Trinajstić information content (AvgIpc) is 2.80. The van der Waals surface area contributed by atoms with Crippen LogP contribution in [0.4, 0.5) is 0 Å². The molecule has 3 atom stereocenters. The molecule has 2 aliphatic rings. The molecule has 4 heteroatoms. The van der Waals surface area contributed by atoms with Crippen molar-refractivity contribution < 1.29 is 9.53 Å². The van der Waals surface area contributed by atoms with Crippen LogP contribution in [0, 0.1) is 11.8 Å². The van der Waals surface area contributed by atoms with Gasteiger partial charge in [0, 0.05) is 25.7 Å². The van der Waals surface area contributed by atoms with Gasteiger partial charge in [-0.15, -0.1) is 0 Å². The van der Waals surface area contributed by atoms with Crippen molar-refractivity contribution in [2.75, 3.05) is 26.3 Å². The Bertz CT molecular complexity index is 283. The summed E-state index contributed by atoms with van der Waals surface area (Å²) in [4.78, 5) is 14.1. The first-order chi connectivity index (χ1) is 8.72. The van der Waals surface area contributed by atoms with E-state index in [0.29, 0.717) is 30.9 Å². The number of fused-ring (bicyclic) bond motifs is 1. The number of rotatable bonds is 5. The molecule has 0 radical (unpaired) electrons. The summed E-state index contributed by atoms with van der Waals surface area (Å²) in [6.07, 6.45) is 5.13. The van der Waals surface area contributed by atoms with Crippen molar-refractivity contribution in [2.45, 2.75) is 45.1 Å². The first-order valence-corrected chi connectivity index (χ1v) is 7.33. The van der Waals surface area contributed by atoms with Gasteiger partial charge in [-0.2, -0.15) is 0 Å². The van der Waals surface area contributed by atoms with Gasteiger partial charge in [-0.3, -0.25) is 4.79 Å². The van der Waals surface area contributed by atoms with E-state index in [-0.39, 0.29) is 5.91 Å². The summed E-state index contributed by atoms with van der Waals surface area (Å²) in [7, 11) is 0. The smallest absolute Gasteiger partial charge is 0.224 e. The Morgan fingerprint density at radius 1 is 1.33 bits per heavy atom. The Kier molecular flexibility index (Phi) is 5.01. The minimum absolute atomic E-state index is 0.243. The molecule has 0 aromatic rings. The molecule has 104 valence electrons. The van der Waals surface area contributed by atoms with E-state index < -0.39 is 0 Å². The molecule has 1 aliphatic carbocycles. The zero-order chi connectivity index (χ0) is 13.0. The number of nitrogens with zero attached hydrogens (tertiary/aromatic N) is 1. The van der Waals surface area contributed by atoms with E-state index in [0.717, 1.165) is 32.5 Å². The largest absolute Gasteiger partial charge is 0.381 e. The topological polar surface area (TPSA) is 55.6 Å². The van der Waals surface area contributed by atoms with E-state index in [1.165, 1.54) is 12.8 Å². The monoisotopic (exact) mass is 254 g/mol. The van der Waals surface area contributed by atoms with Gasteiger partial charge in [-0.1, -0.05) is 13.3 Å². The fraction of sp³-hybridized carbons (Fsp3) is 0.929. The third-order valence-corrected chi connectivity index (χ3v) is 4.32. The lowest BCUT2D eigenvalue weighted by atomic mass is 9.78. The molecule has 0 aromatic carbocycles. The van der Waals surface area contributed by atoms with E-state index in [1.807, 2.05) is 4.90 Å². The molecule has 1 saturated heterocycles. The Hall–Kier alpha value is -0.610. The molecule has 2 fully saturated rings. The summed E-state index contributed by atoms with van der Waals surface area (Å²) < 4.78 is 5.38. The standard InChI is InChI=1S/C14H26N2O2/c1-2-7-18-8-6-14(17)16-9-11-4-3-5-13(15)12(11)10-16/h11-13H,2-10,15H2,1H3. The van der Waals surface area contributed by atoms with E-state index in [9.17, 15) is 4.79 Å². The van der Waals surface area contributed by atoms with Crippen LogP contribution in [-0.2, 0) is 9.53 Å². The number of ether oxygens (including phenoxy) is 1. The molecule has 1 heterocycles. The molecule has 0 aromatic heterocycles. The summed E-state index contributed by atoms with van der Waals surface area (Å²) in [5.41, 5.74) is 6.16. The fourth-order valence-corrected chi connectivity index (χ4v) is 3.28. The molecular weight excluding hydrogens is 228 g/mol. The molecule has 1 amide bonds. The van der Waals surface area contributed by atoms with E-state index in [1.54, 1.807) is 0 Å². The summed E-state index contributed by atoms with van der Waals surface area (Å²) >= 11 is 0. The molecule has 18 heavy (non-hydrogen) atoms. The van der Waals surface area contributed by atoms with Crippen molar-refractivity contribution in [3.05, 3.63) is 0 Å². The SMILES string of the molecule is CCCOCCC(=O)N1CC2CCCC(N)C2C1. The lowest BCUT2D eigenvalue weighted by Crippen LogP contribution is -2.38. The number of hydrogen-bond donors (Lipinski definition) is 1. The molecule has 4 nitrogen and oxygen atoms in total. The van der Waals surface area contributed by atoms with Crippen molar-refractivity contribution in [3.8, 4) is 0 Å². The molecule has 0 bridgehead atoms. The third-order valence-electron chi connectivity index (χ3n) is 4.32. The van der Waals surface area contributed by atoms with E-state index >= 15 is 0 Å². The molecule has 1 aliphatic heterocycles. The highest BCUT2D eigenvalue weighted by molar-refractivity contribution is 5.76. The molecular formula is C14H26N2O2. The second kappa shape index (κ2) is 6.53. The van der Waals surface area contributed by atoms with Crippen LogP contribution in [0.15, 0.2) is 0 Å². The van der Waals surface area contributed by atoms with Crippen LogP contribution in [0.5, 0.6) is 0 Å². The first kappa shape index (κ1) is 13.8. The number of carbonyl (C=O) groups excluding carboxylic acids is 1. The molecule has 0 spiro atoms. The summed E-state index contributed by atoms with van der Waals surface area (Å²) in [6.45, 7) is 5.19. The van der Waals surface area contributed by atoms with Gasteiger partial charge in [-0.05, 0) is 31.1 Å². The maximum absolute atomic E-state index is 12.1. The van der Waals surface area contributed by atoms with Crippen LogP contribution < -0.4 is 5.73 Å². The van der Waals surface area contributed by atoms with Crippen LogP contribution >= 0.6 is 0 Å². The molecule has 3 unspecified atom stereocenters. The Morgan fingerprint density at radius 2 is 2.17 bits per heavy atom. The van der Waals surface area contributed by atoms with Crippen molar-refractivity contribution in [1.82, 2.24) is 4.90 Å². The fourth-order valence-electron chi connectivity index (χ4n) is 3.28.